The van der Waals surface area contributed by atoms with E-state index in [4.69, 9.17) is 0 Å². The Bertz CT molecular complexity index is 1190. The van der Waals surface area contributed by atoms with Gasteiger partial charge in [0, 0.05) is 10.9 Å². The molecule has 0 atom stereocenters. The highest BCUT2D eigenvalue weighted by Crippen LogP contribution is 2.27. The number of halogens is 1. The largest absolute Gasteiger partial charge is 0.205 e. The van der Waals surface area contributed by atoms with Gasteiger partial charge in [0.2, 0.25) is 0 Å². The summed E-state index contributed by atoms with van der Waals surface area (Å²) in [5, 5.41) is 1.48. The topological polar surface area (TPSA) is 0 Å². The molecule has 0 aliphatic carbocycles. The second kappa shape index (κ2) is 7.71. The van der Waals surface area contributed by atoms with E-state index in [1.807, 2.05) is 36.4 Å². The Morgan fingerprint density at radius 2 is 1.46 bits per heavy atom. The Balaban J connectivity index is 1.68. The van der Waals surface area contributed by atoms with Crippen LogP contribution in [-0.4, -0.2) is 0 Å². The van der Waals surface area contributed by atoms with Crippen molar-refractivity contribution in [2.24, 2.45) is 0 Å². The third kappa shape index (κ3) is 3.68. The van der Waals surface area contributed by atoms with E-state index in [1.54, 1.807) is 6.07 Å². The molecular formula is C27H21F. The molecular weight excluding hydrogens is 343 g/mol. The molecule has 0 heterocycles. The van der Waals surface area contributed by atoms with E-state index in [0.717, 1.165) is 28.5 Å². The Morgan fingerprint density at radius 3 is 2.18 bits per heavy atom. The third-order valence-corrected chi connectivity index (χ3v) is 5.04. The minimum absolute atomic E-state index is 0.259. The van der Waals surface area contributed by atoms with Crippen molar-refractivity contribution in [2.45, 2.75) is 20.3 Å². The Kier molecular flexibility index (Phi) is 4.96. The molecule has 0 aliphatic rings. The van der Waals surface area contributed by atoms with Crippen molar-refractivity contribution < 1.29 is 4.39 Å². The molecule has 0 N–H and O–H groups in total. The highest BCUT2D eigenvalue weighted by Gasteiger charge is 2.07. The fourth-order valence-electron chi connectivity index (χ4n) is 3.28. The average Bonchev–Trinajstić information content (AvgIpc) is 2.74. The van der Waals surface area contributed by atoms with Crippen LogP contribution in [0.3, 0.4) is 0 Å². The minimum atomic E-state index is -0.259. The molecule has 28 heavy (non-hydrogen) atoms. The zero-order valence-electron chi connectivity index (χ0n) is 16.1. The quantitative estimate of drug-likeness (QED) is 0.339. The first-order chi connectivity index (χ1) is 13.6. The van der Waals surface area contributed by atoms with E-state index in [1.165, 1.54) is 11.1 Å². The smallest absolute Gasteiger partial charge is 0.146 e. The molecule has 0 saturated carbocycles. The highest BCUT2D eigenvalue weighted by molar-refractivity contribution is 5.89. The molecule has 1 heteroatoms. The van der Waals surface area contributed by atoms with Crippen molar-refractivity contribution in [1.29, 1.82) is 0 Å². The summed E-state index contributed by atoms with van der Waals surface area (Å²) in [6, 6.07) is 26.0. The van der Waals surface area contributed by atoms with Crippen LogP contribution in [0.1, 0.15) is 29.2 Å². The van der Waals surface area contributed by atoms with E-state index in [2.05, 4.69) is 62.1 Å². The molecule has 0 fully saturated rings. The molecule has 0 amide bonds. The van der Waals surface area contributed by atoms with Crippen molar-refractivity contribution in [2.75, 3.05) is 0 Å². The van der Waals surface area contributed by atoms with Crippen molar-refractivity contribution in [3.8, 4) is 23.0 Å². The lowest BCUT2D eigenvalue weighted by atomic mass is 9.99. The molecule has 136 valence electrons. The van der Waals surface area contributed by atoms with Crippen molar-refractivity contribution in [1.82, 2.24) is 0 Å². The van der Waals surface area contributed by atoms with Crippen LogP contribution in [0, 0.1) is 24.6 Å². The maximum absolute atomic E-state index is 15.0. The van der Waals surface area contributed by atoms with E-state index >= 15 is 0 Å². The van der Waals surface area contributed by atoms with Crippen molar-refractivity contribution in [3.63, 3.8) is 0 Å². The molecule has 4 aromatic carbocycles. The van der Waals surface area contributed by atoms with Crippen LogP contribution in [0.5, 0.6) is 0 Å². The molecule has 4 rings (SSSR count). The lowest BCUT2D eigenvalue weighted by molar-refractivity contribution is 0.636. The normalized spacial score (nSPS) is 10.5. The lowest BCUT2D eigenvalue weighted by Crippen LogP contribution is -1.88. The summed E-state index contributed by atoms with van der Waals surface area (Å²) in [5.74, 6) is 5.80. The summed E-state index contributed by atoms with van der Waals surface area (Å²) >= 11 is 0. The second-order valence-electron chi connectivity index (χ2n) is 7.03. The van der Waals surface area contributed by atoms with Crippen LogP contribution in [0.4, 0.5) is 4.39 Å². The third-order valence-electron chi connectivity index (χ3n) is 5.04. The zero-order valence-corrected chi connectivity index (χ0v) is 16.1. The molecule has 0 bridgehead atoms. The summed E-state index contributed by atoms with van der Waals surface area (Å²) in [5.41, 5.74) is 6.03. The van der Waals surface area contributed by atoms with Gasteiger partial charge in [-0.1, -0.05) is 78.9 Å². The van der Waals surface area contributed by atoms with Gasteiger partial charge < -0.3 is 0 Å². The number of rotatable bonds is 2. The van der Waals surface area contributed by atoms with Gasteiger partial charge in [-0.05, 0) is 59.7 Å². The standard InChI is InChI=1S/C27H21F/c1-3-20-6-8-21(9-7-20)10-13-23-14-15-25-18-24(16-17-26(25)27(23)28)22-11-4-19(2)5-12-22/h4-9,11-12,14-18H,3H2,1-2H3. The first kappa shape index (κ1) is 18.0. The molecule has 0 aromatic heterocycles. The number of fused-ring (bicyclic) bond motifs is 1. The van der Waals surface area contributed by atoms with Gasteiger partial charge in [-0.15, -0.1) is 0 Å². The first-order valence-corrected chi connectivity index (χ1v) is 9.54. The Hall–Kier alpha value is -3.37. The molecule has 0 nitrogen and oxygen atoms in total. The summed E-state index contributed by atoms with van der Waals surface area (Å²) in [6.45, 7) is 4.19. The van der Waals surface area contributed by atoms with Gasteiger partial charge in [0.1, 0.15) is 5.82 Å². The monoisotopic (exact) mass is 364 g/mol. The molecule has 0 radical (unpaired) electrons. The van der Waals surface area contributed by atoms with Gasteiger partial charge in [0.05, 0.1) is 5.56 Å². The minimum Gasteiger partial charge on any atom is -0.205 e. The second-order valence-corrected chi connectivity index (χ2v) is 7.03. The number of hydrogen-bond acceptors (Lipinski definition) is 0. The van der Waals surface area contributed by atoms with Gasteiger partial charge in [-0.25, -0.2) is 4.39 Å². The van der Waals surface area contributed by atoms with Crippen LogP contribution in [0.25, 0.3) is 21.9 Å². The van der Waals surface area contributed by atoms with E-state index in [0.29, 0.717) is 10.9 Å². The predicted octanol–water partition coefficient (Wildman–Crippen LogP) is 6.92. The van der Waals surface area contributed by atoms with Crippen LogP contribution in [0.15, 0.2) is 78.9 Å². The van der Waals surface area contributed by atoms with Gasteiger partial charge in [0.25, 0.3) is 0 Å². The van der Waals surface area contributed by atoms with Crippen LogP contribution >= 0.6 is 0 Å². The molecule has 4 aromatic rings. The number of benzene rings is 4. The first-order valence-electron chi connectivity index (χ1n) is 9.54. The molecule has 0 aliphatic heterocycles. The average molecular weight is 364 g/mol. The van der Waals surface area contributed by atoms with E-state index < -0.39 is 0 Å². The van der Waals surface area contributed by atoms with Crippen LogP contribution in [-0.2, 0) is 6.42 Å². The Labute approximate surface area is 165 Å². The molecule has 0 saturated heterocycles. The highest BCUT2D eigenvalue weighted by atomic mass is 19.1. The van der Waals surface area contributed by atoms with Gasteiger partial charge in [-0.2, -0.15) is 0 Å². The predicted molar refractivity (Wildman–Crippen MR) is 116 cm³/mol. The zero-order chi connectivity index (χ0) is 19.5. The molecule has 0 spiro atoms. The van der Waals surface area contributed by atoms with Crippen LogP contribution < -0.4 is 0 Å². The van der Waals surface area contributed by atoms with Gasteiger partial charge in [0.15, 0.2) is 0 Å². The van der Waals surface area contributed by atoms with Crippen molar-refractivity contribution in [3.05, 3.63) is 107 Å². The number of hydrogen-bond donors (Lipinski definition) is 0. The fourth-order valence-corrected chi connectivity index (χ4v) is 3.28. The Morgan fingerprint density at radius 1 is 0.750 bits per heavy atom. The lowest BCUT2D eigenvalue weighted by Gasteiger charge is -2.06. The summed E-state index contributed by atoms with van der Waals surface area (Å²) in [4.78, 5) is 0. The maximum atomic E-state index is 15.0. The number of aryl methyl sites for hydroxylation is 2. The van der Waals surface area contributed by atoms with Gasteiger partial charge >= 0.3 is 0 Å². The maximum Gasteiger partial charge on any atom is 0.146 e. The fraction of sp³-hybridized carbons (Fsp3) is 0.111. The van der Waals surface area contributed by atoms with Gasteiger partial charge in [-0.3, -0.25) is 0 Å². The van der Waals surface area contributed by atoms with Crippen molar-refractivity contribution >= 4 is 10.8 Å². The van der Waals surface area contributed by atoms with Crippen LogP contribution in [0.2, 0.25) is 0 Å². The summed E-state index contributed by atoms with van der Waals surface area (Å²) < 4.78 is 15.0. The summed E-state index contributed by atoms with van der Waals surface area (Å²) in [7, 11) is 0. The SMILES string of the molecule is CCc1ccc(C#Cc2ccc3cc(-c4ccc(C)cc4)ccc3c2F)cc1. The summed E-state index contributed by atoms with van der Waals surface area (Å²) in [6.07, 6.45) is 0.998. The van der Waals surface area contributed by atoms with E-state index in [-0.39, 0.29) is 5.82 Å². The molecule has 0 unspecified atom stereocenters. The van der Waals surface area contributed by atoms with E-state index in [9.17, 15) is 4.39 Å².